The number of ether oxygens (including phenoxy) is 2. The Hall–Kier alpha value is -3.77. The summed E-state index contributed by atoms with van der Waals surface area (Å²) < 4.78 is 9.95. The molecular weight excluding hydrogens is 430 g/mol. The zero-order valence-electron chi connectivity index (χ0n) is 19.4. The van der Waals surface area contributed by atoms with Gasteiger partial charge < -0.3 is 9.47 Å². The molecule has 0 saturated heterocycles. The fourth-order valence-corrected chi connectivity index (χ4v) is 4.90. The predicted molar refractivity (Wildman–Crippen MR) is 128 cm³/mol. The molecule has 6 nitrogen and oxygen atoms in total. The third-order valence-corrected chi connectivity index (χ3v) is 6.48. The van der Waals surface area contributed by atoms with Gasteiger partial charge in [-0.2, -0.15) is 0 Å². The number of Topliss-reactive ketones (excluding diaryl/α,β-unsaturated/α-hetero) is 1. The van der Waals surface area contributed by atoms with E-state index >= 15 is 0 Å². The number of hydrogen-bond donors (Lipinski definition) is 1. The second-order valence-corrected chi connectivity index (χ2v) is 8.35. The van der Waals surface area contributed by atoms with Crippen LogP contribution in [0.4, 0.5) is 0 Å². The average Bonchev–Trinajstić information content (AvgIpc) is 3.16. The van der Waals surface area contributed by atoms with E-state index < -0.39 is 29.4 Å². The van der Waals surface area contributed by atoms with Crippen molar-refractivity contribution in [2.24, 2.45) is 5.92 Å². The van der Waals surface area contributed by atoms with Gasteiger partial charge in [-0.1, -0.05) is 78.9 Å². The Labute approximate surface area is 198 Å². The van der Waals surface area contributed by atoms with Crippen LogP contribution in [0.25, 0.3) is 11.1 Å². The maximum absolute atomic E-state index is 13.0. The van der Waals surface area contributed by atoms with Gasteiger partial charge in [0.1, 0.15) is 17.7 Å². The van der Waals surface area contributed by atoms with Crippen LogP contribution >= 0.6 is 0 Å². The van der Waals surface area contributed by atoms with E-state index in [9.17, 15) is 14.4 Å². The quantitative estimate of drug-likeness (QED) is 0.409. The summed E-state index contributed by atoms with van der Waals surface area (Å²) in [6, 6.07) is 24.9. The number of rotatable bonds is 8. The van der Waals surface area contributed by atoms with Gasteiger partial charge in [0.2, 0.25) is 0 Å². The van der Waals surface area contributed by atoms with Crippen molar-refractivity contribution >= 4 is 17.7 Å². The minimum absolute atomic E-state index is 0.0897. The van der Waals surface area contributed by atoms with Crippen molar-refractivity contribution in [3.8, 4) is 11.1 Å². The van der Waals surface area contributed by atoms with Gasteiger partial charge in [-0.3, -0.25) is 19.7 Å². The van der Waals surface area contributed by atoms with Crippen LogP contribution in [0.2, 0.25) is 0 Å². The highest BCUT2D eigenvalue weighted by Gasteiger charge is 2.47. The van der Waals surface area contributed by atoms with E-state index in [0.29, 0.717) is 0 Å². The van der Waals surface area contributed by atoms with Crippen molar-refractivity contribution in [1.82, 2.24) is 5.32 Å². The van der Waals surface area contributed by atoms with Crippen molar-refractivity contribution in [3.63, 3.8) is 0 Å². The fraction of sp³-hybridized carbons (Fsp3) is 0.250. The summed E-state index contributed by atoms with van der Waals surface area (Å²) in [7, 11) is 2.53. The first kappa shape index (κ1) is 23.4. The normalized spacial score (nSPS) is 14.9. The Morgan fingerprint density at radius 2 is 1.26 bits per heavy atom. The van der Waals surface area contributed by atoms with Crippen LogP contribution < -0.4 is 5.32 Å². The van der Waals surface area contributed by atoms with E-state index in [-0.39, 0.29) is 12.2 Å². The molecule has 0 bridgehead atoms. The summed E-state index contributed by atoms with van der Waals surface area (Å²) in [6.07, 6.45) is -0.0897. The molecule has 1 aliphatic rings. The van der Waals surface area contributed by atoms with Gasteiger partial charge in [0, 0.05) is 0 Å². The summed E-state index contributed by atoms with van der Waals surface area (Å²) in [4.78, 5) is 37.7. The Morgan fingerprint density at radius 1 is 0.765 bits per heavy atom. The van der Waals surface area contributed by atoms with Crippen molar-refractivity contribution in [2.45, 2.75) is 24.9 Å². The SMILES string of the molecule is COC(=O)C(C[C@@H](NC1(c2ccccc2)c2ccccc2-c2ccccc21)C(=O)OC)C(C)=O. The third kappa shape index (κ3) is 3.90. The zero-order valence-corrected chi connectivity index (χ0v) is 19.4. The van der Waals surface area contributed by atoms with Gasteiger partial charge in [0.05, 0.1) is 19.8 Å². The Bertz CT molecular complexity index is 1170. The summed E-state index contributed by atoms with van der Waals surface area (Å²) in [6.45, 7) is 1.32. The van der Waals surface area contributed by atoms with E-state index in [4.69, 9.17) is 9.47 Å². The molecule has 6 heteroatoms. The molecule has 0 spiro atoms. The van der Waals surface area contributed by atoms with Crippen molar-refractivity contribution in [2.75, 3.05) is 14.2 Å². The number of fused-ring (bicyclic) bond motifs is 3. The topological polar surface area (TPSA) is 81.7 Å². The van der Waals surface area contributed by atoms with E-state index in [1.165, 1.54) is 21.1 Å². The fourth-order valence-electron chi connectivity index (χ4n) is 4.90. The maximum atomic E-state index is 13.0. The first-order valence-corrected chi connectivity index (χ1v) is 11.1. The molecule has 174 valence electrons. The van der Waals surface area contributed by atoms with Crippen LogP contribution in [-0.4, -0.2) is 38.0 Å². The van der Waals surface area contributed by atoms with Crippen molar-refractivity contribution < 1.29 is 23.9 Å². The lowest BCUT2D eigenvalue weighted by atomic mass is 9.79. The summed E-state index contributed by atoms with van der Waals surface area (Å²) in [5, 5.41) is 3.54. The molecule has 0 aliphatic heterocycles. The van der Waals surface area contributed by atoms with Gasteiger partial charge in [0.25, 0.3) is 0 Å². The smallest absolute Gasteiger partial charge is 0.322 e. The number of carbonyl (C=O) groups is 3. The van der Waals surface area contributed by atoms with Crippen LogP contribution in [0, 0.1) is 5.92 Å². The molecule has 3 aromatic carbocycles. The highest BCUT2D eigenvalue weighted by atomic mass is 16.5. The molecule has 0 aromatic heterocycles. The minimum atomic E-state index is -1.10. The third-order valence-electron chi connectivity index (χ3n) is 6.48. The number of nitrogens with one attached hydrogen (secondary N) is 1. The van der Waals surface area contributed by atoms with Crippen LogP contribution in [0.3, 0.4) is 0 Å². The molecule has 1 aliphatic carbocycles. The predicted octanol–water partition coefficient (Wildman–Crippen LogP) is 3.86. The number of ketones is 1. The average molecular weight is 458 g/mol. The summed E-state index contributed by atoms with van der Waals surface area (Å²) in [5.41, 5.74) is 4.09. The van der Waals surface area contributed by atoms with Gasteiger partial charge in [-0.05, 0) is 41.2 Å². The molecule has 0 fully saturated rings. The van der Waals surface area contributed by atoms with Gasteiger partial charge >= 0.3 is 11.9 Å². The molecule has 34 heavy (non-hydrogen) atoms. The maximum Gasteiger partial charge on any atom is 0.322 e. The molecule has 2 atom stereocenters. The lowest BCUT2D eigenvalue weighted by Gasteiger charge is -2.37. The number of benzene rings is 3. The molecule has 0 saturated carbocycles. The highest BCUT2D eigenvalue weighted by Crippen LogP contribution is 2.51. The van der Waals surface area contributed by atoms with Crippen LogP contribution in [0.15, 0.2) is 78.9 Å². The monoisotopic (exact) mass is 457 g/mol. The Morgan fingerprint density at radius 3 is 1.76 bits per heavy atom. The second kappa shape index (κ2) is 9.61. The Balaban J connectivity index is 1.92. The number of carbonyl (C=O) groups excluding carboxylic acids is 3. The van der Waals surface area contributed by atoms with E-state index in [2.05, 4.69) is 17.4 Å². The highest BCUT2D eigenvalue weighted by molar-refractivity contribution is 5.98. The molecule has 0 heterocycles. The number of hydrogen-bond acceptors (Lipinski definition) is 6. The van der Waals surface area contributed by atoms with Crippen LogP contribution in [0.5, 0.6) is 0 Å². The lowest BCUT2D eigenvalue weighted by Crippen LogP contribution is -2.53. The van der Waals surface area contributed by atoms with Gasteiger partial charge in [-0.15, -0.1) is 0 Å². The van der Waals surface area contributed by atoms with Crippen LogP contribution in [0.1, 0.15) is 30.0 Å². The minimum Gasteiger partial charge on any atom is -0.468 e. The van der Waals surface area contributed by atoms with Gasteiger partial charge in [-0.25, -0.2) is 0 Å². The largest absolute Gasteiger partial charge is 0.468 e. The van der Waals surface area contributed by atoms with Gasteiger partial charge in [0.15, 0.2) is 0 Å². The first-order valence-electron chi connectivity index (χ1n) is 11.1. The lowest BCUT2D eigenvalue weighted by molar-refractivity contribution is -0.151. The molecule has 4 rings (SSSR count). The zero-order chi connectivity index (χ0) is 24.3. The molecule has 1 unspecified atom stereocenters. The molecule has 0 radical (unpaired) electrons. The summed E-state index contributed by atoms with van der Waals surface area (Å²) >= 11 is 0. The van der Waals surface area contributed by atoms with E-state index in [1.54, 1.807) is 0 Å². The standard InChI is InChI=1S/C28H27NO5/c1-18(30)22(26(31)33-2)17-25(27(32)34-3)29-28(19-11-5-4-6-12-19)23-15-9-7-13-20(23)21-14-8-10-16-24(21)28/h4-16,22,25,29H,17H2,1-3H3/t22?,25-/m1/s1. The molecular formula is C28H27NO5. The Kier molecular flexibility index (Phi) is 6.61. The number of methoxy groups -OCH3 is 2. The van der Waals surface area contributed by atoms with E-state index in [1.807, 2.05) is 66.7 Å². The van der Waals surface area contributed by atoms with Crippen molar-refractivity contribution in [3.05, 3.63) is 95.6 Å². The van der Waals surface area contributed by atoms with Crippen molar-refractivity contribution in [1.29, 1.82) is 0 Å². The molecule has 0 amide bonds. The molecule has 1 N–H and O–H groups in total. The number of esters is 2. The molecule has 3 aromatic rings. The van der Waals surface area contributed by atoms with Crippen LogP contribution in [-0.2, 0) is 29.4 Å². The second-order valence-electron chi connectivity index (χ2n) is 8.35. The first-order chi connectivity index (χ1) is 16.4. The van der Waals surface area contributed by atoms with E-state index in [0.717, 1.165) is 27.8 Å². The summed E-state index contributed by atoms with van der Waals surface area (Å²) in [5.74, 6) is -2.71.